The minimum absolute atomic E-state index is 0.240. The summed E-state index contributed by atoms with van der Waals surface area (Å²) >= 11 is 0. The van der Waals surface area contributed by atoms with E-state index in [2.05, 4.69) is 0 Å². The van der Waals surface area contributed by atoms with Crippen LogP contribution in [0.5, 0.6) is 5.75 Å². The number of benzene rings is 1. The lowest BCUT2D eigenvalue weighted by Gasteiger charge is -2.25. The number of aliphatic hydroxyl groups is 1. The zero-order valence-corrected chi connectivity index (χ0v) is 6.37. The molecule has 2 nitrogen and oxygen atoms in total. The van der Waals surface area contributed by atoms with Gasteiger partial charge in [-0.3, -0.25) is 0 Å². The summed E-state index contributed by atoms with van der Waals surface area (Å²) in [6, 6.07) is 5.77. The van der Waals surface area contributed by atoms with Gasteiger partial charge in [-0.25, -0.2) is 0 Å². The predicted molar refractivity (Wildman–Crippen MR) is 41.7 cm³/mol. The molecule has 0 aliphatic heterocycles. The Hall–Kier alpha value is -1.02. The highest BCUT2D eigenvalue weighted by molar-refractivity contribution is 5.43. The maximum absolute atomic E-state index is 9.22. The third-order valence-electron chi connectivity index (χ3n) is 2.12. The number of ether oxygens (including phenoxy) is 1. The normalized spacial score (nSPS) is 20.4. The molecule has 1 aliphatic carbocycles. The van der Waals surface area contributed by atoms with E-state index in [1.807, 2.05) is 18.2 Å². The first kappa shape index (κ1) is 6.68. The SMILES string of the molecule is COc1ccc2c(c1)C[C@H]2O. The largest absolute Gasteiger partial charge is 0.497 e. The van der Waals surface area contributed by atoms with Crippen LogP contribution in [-0.2, 0) is 6.42 Å². The van der Waals surface area contributed by atoms with Gasteiger partial charge in [0.05, 0.1) is 13.2 Å². The van der Waals surface area contributed by atoms with Gasteiger partial charge in [0.15, 0.2) is 0 Å². The number of rotatable bonds is 1. The second kappa shape index (κ2) is 2.24. The smallest absolute Gasteiger partial charge is 0.119 e. The van der Waals surface area contributed by atoms with Crippen LogP contribution >= 0.6 is 0 Å². The lowest BCUT2D eigenvalue weighted by Crippen LogP contribution is -2.15. The van der Waals surface area contributed by atoms with Crippen molar-refractivity contribution in [1.29, 1.82) is 0 Å². The highest BCUT2D eigenvalue weighted by Gasteiger charge is 2.23. The van der Waals surface area contributed by atoms with Crippen molar-refractivity contribution in [3.05, 3.63) is 29.3 Å². The van der Waals surface area contributed by atoms with Crippen molar-refractivity contribution in [3.63, 3.8) is 0 Å². The minimum Gasteiger partial charge on any atom is -0.497 e. The Morgan fingerprint density at radius 2 is 2.36 bits per heavy atom. The van der Waals surface area contributed by atoms with Crippen LogP contribution in [-0.4, -0.2) is 12.2 Å². The summed E-state index contributed by atoms with van der Waals surface area (Å²) in [6.45, 7) is 0. The summed E-state index contributed by atoms with van der Waals surface area (Å²) in [4.78, 5) is 0. The molecule has 0 saturated heterocycles. The van der Waals surface area contributed by atoms with E-state index in [4.69, 9.17) is 4.74 Å². The van der Waals surface area contributed by atoms with E-state index in [0.717, 1.165) is 17.7 Å². The van der Waals surface area contributed by atoms with Crippen molar-refractivity contribution in [3.8, 4) is 5.75 Å². The molecule has 1 atom stereocenters. The van der Waals surface area contributed by atoms with E-state index in [1.165, 1.54) is 5.56 Å². The average Bonchev–Trinajstić information content (AvgIpc) is 2.02. The first-order chi connectivity index (χ1) is 5.31. The molecule has 0 heterocycles. The molecule has 1 aromatic carbocycles. The molecule has 11 heavy (non-hydrogen) atoms. The predicted octanol–water partition coefficient (Wildman–Crippen LogP) is 1.28. The number of hydrogen-bond acceptors (Lipinski definition) is 2. The standard InChI is InChI=1S/C9H10O2/c1-11-7-2-3-8-6(4-7)5-9(8)10/h2-4,9-10H,5H2,1H3/t9-/m1/s1. The van der Waals surface area contributed by atoms with Crippen molar-refractivity contribution in [1.82, 2.24) is 0 Å². The van der Waals surface area contributed by atoms with Gasteiger partial charge in [-0.1, -0.05) is 6.07 Å². The van der Waals surface area contributed by atoms with Crippen molar-refractivity contribution < 1.29 is 9.84 Å². The van der Waals surface area contributed by atoms with Gasteiger partial charge < -0.3 is 9.84 Å². The van der Waals surface area contributed by atoms with Crippen LogP contribution in [0.1, 0.15) is 17.2 Å². The lowest BCUT2D eigenvalue weighted by molar-refractivity contribution is 0.153. The fraction of sp³-hybridized carbons (Fsp3) is 0.333. The van der Waals surface area contributed by atoms with Gasteiger partial charge in [0, 0.05) is 6.42 Å². The highest BCUT2D eigenvalue weighted by Crippen LogP contribution is 2.34. The molecule has 1 aliphatic rings. The summed E-state index contributed by atoms with van der Waals surface area (Å²) < 4.78 is 5.04. The summed E-state index contributed by atoms with van der Waals surface area (Å²) in [7, 11) is 1.65. The molecule has 0 spiro atoms. The summed E-state index contributed by atoms with van der Waals surface area (Å²) in [5.74, 6) is 0.871. The van der Waals surface area contributed by atoms with E-state index >= 15 is 0 Å². The van der Waals surface area contributed by atoms with Crippen LogP contribution in [0.15, 0.2) is 18.2 Å². The highest BCUT2D eigenvalue weighted by atomic mass is 16.5. The third kappa shape index (κ3) is 0.906. The number of aliphatic hydroxyl groups excluding tert-OH is 1. The van der Waals surface area contributed by atoms with Gasteiger partial charge in [0.2, 0.25) is 0 Å². The molecule has 2 rings (SSSR count). The first-order valence-corrected chi connectivity index (χ1v) is 3.66. The Bertz CT molecular complexity index is 281. The Morgan fingerprint density at radius 1 is 1.55 bits per heavy atom. The van der Waals surface area contributed by atoms with Gasteiger partial charge in [0.1, 0.15) is 5.75 Å². The third-order valence-corrected chi connectivity index (χ3v) is 2.12. The molecule has 0 fully saturated rings. The molecule has 0 saturated carbocycles. The number of fused-ring (bicyclic) bond motifs is 1. The van der Waals surface area contributed by atoms with Gasteiger partial charge in [-0.05, 0) is 23.3 Å². The molecule has 0 aromatic heterocycles. The van der Waals surface area contributed by atoms with Gasteiger partial charge >= 0.3 is 0 Å². The Labute approximate surface area is 65.4 Å². The van der Waals surface area contributed by atoms with Crippen molar-refractivity contribution in [2.75, 3.05) is 7.11 Å². The molecule has 0 radical (unpaired) electrons. The van der Waals surface area contributed by atoms with E-state index in [0.29, 0.717) is 0 Å². The molecule has 0 unspecified atom stereocenters. The maximum Gasteiger partial charge on any atom is 0.119 e. The molecule has 0 amide bonds. The zero-order chi connectivity index (χ0) is 7.84. The van der Waals surface area contributed by atoms with Crippen LogP contribution in [0.25, 0.3) is 0 Å². The van der Waals surface area contributed by atoms with Gasteiger partial charge in [0.25, 0.3) is 0 Å². The van der Waals surface area contributed by atoms with Crippen molar-refractivity contribution in [2.24, 2.45) is 0 Å². The molecule has 58 valence electrons. The molecular weight excluding hydrogens is 140 g/mol. The van der Waals surface area contributed by atoms with Gasteiger partial charge in [-0.15, -0.1) is 0 Å². The van der Waals surface area contributed by atoms with Crippen LogP contribution in [0.3, 0.4) is 0 Å². The summed E-state index contributed by atoms with van der Waals surface area (Å²) in [5, 5.41) is 9.22. The fourth-order valence-electron chi connectivity index (χ4n) is 1.40. The van der Waals surface area contributed by atoms with Crippen molar-refractivity contribution >= 4 is 0 Å². The Balaban J connectivity index is 2.38. The number of methoxy groups -OCH3 is 1. The molecule has 1 N–H and O–H groups in total. The monoisotopic (exact) mass is 150 g/mol. The average molecular weight is 150 g/mol. The quantitative estimate of drug-likeness (QED) is 0.653. The maximum atomic E-state index is 9.22. The van der Waals surface area contributed by atoms with Crippen LogP contribution in [0.4, 0.5) is 0 Å². The zero-order valence-electron chi connectivity index (χ0n) is 6.37. The Morgan fingerprint density at radius 3 is 2.91 bits per heavy atom. The molecular formula is C9H10O2. The van der Waals surface area contributed by atoms with Crippen LogP contribution in [0, 0.1) is 0 Å². The minimum atomic E-state index is -0.240. The lowest BCUT2D eigenvalue weighted by atomic mass is 9.85. The van der Waals surface area contributed by atoms with Crippen LogP contribution < -0.4 is 4.74 Å². The fourth-order valence-corrected chi connectivity index (χ4v) is 1.40. The second-order valence-electron chi connectivity index (χ2n) is 2.78. The topological polar surface area (TPSA) is 29.5 Å². The van der Waals surface area contributed by atoms with E-state index < -0.39 is 0 Å². The molecule has 2 heteroatoms. The van der Waals surface area contributed by atoms with Crippen molar-refractivity contribution in [2.45, 2.75) is 12.5 Å². The van der Waals surface area contributed by atoms with E-state index in [9.17, 15) is 5.11 Å². The van der Waals surface area contributed by atoms with E-state index in [-0.39, 0.29) is 6.10 Å². The van der Waals surface area contributed by atoms with E-state index in [1.54, 1.807) is 7.11 Å². The van der Waals surface area contributed by atoms with Gasteiger partial charge in [-0.2, -0.15) is 0 Å². The number of hydrogen-bond donors (Lipinski definition) is 1. The summed E-state index contributed by atoms with van der Waals surface area (Å²) in [6.07, 6.45) is 0.530. The first-order valence-electron chi connectivity index (χ1n) is 3.66. The summed E-state index contributed by atoms with van der Waals surface area (Å²) in [5.41, 5.74) is 2.25. The second-order valence-corrected chi connectivity index (χ2v) is 2.78. The van der Waals surface area contributed by atoms with Crippen LogP contribution in [0.2, 0.25) is 0 Å². The Kier molecular flexibility index (Phi) is 1.36. The molecule has 1 aromatic rings. The molecule has 0 bridgehead atoms.